The van der Waals surface area contributed by atoms with Crippen LogP contribution in [0.15, 0.2) is 4.99 Å². The molecule has 0 heterocycles. The highest BCUT2D eigenvalue weighted by Gasteiger charge is 2.20. The molecule has 0 saturated heterocycles. The predicted molar refractivity (Wildman–Crippen MR) is 90.8 cm³/mol. The molecule has 0 aliphatic heterocycles. The standard InChI is InChI=1S/C14H29N3.HI/c1-4-15-14(17-11-13-8-9-13)16-10-6-5-7-12(2)3;/h12-13H,4-11H2,1-3H3,(H2,15,16,17);1H. The number of rotatable bonds is 8. The fourth-order valence-corrected chi connectivity index (χ4v) is 1.75. The minimum atomic E-state index is 0. The Hall–Kier alpha value is 0. The number of guanidine groups is 1. The molecule has 0 aromatic rings. The summed E-state index contributed by atoms with van der Waals surface area (Å²) in [6.45, 7) is 9.68. The topological polar surface area (TPSA) is 36.4 Å². The van der Waals surface area contributed by atoms with Crippen LogP contribution < -0.4 is 10.6 Å². The summed E-state index contributed by atoms with van der Waals surface area (Å²) < 4.78 is 0. The van der Waals surface area contributed by atoms with E-state index in [1.807, 2.05) is 0 Å². The van der Waals surface area contributed by atoms with Gasteiger partial charge in [0.15, 0.2) is 5.96 Å². The van der Waals surface area contributed by atoms with Crippen molar-refractivity contribution in [1.29, 1.82) is 0 Å². The Morgan fingerprint density at radius 2 is 1.94 bits per heavy atom. The van der Waals surface area contributed by atoms with Gasteiger partial charge in [-0.1, -0.05) is 26.7 Å². The molecular formula is C14H30IN3. The van der Waals surface area contributed by atoms with Gasteiger partial charge in [-0.25, -0.2) is 0 Å². The van der Waals surface area contributed by atoms with Crippen molar-refractivity contribution in [2.24, 2.45) is 16.8 Å². The van der Waals surface area contributed by atoms with Crippen molar-refractivity contribution in [2.75, 3.05) is 19.6 Å². The molecule has 0 amide bonds. The summed E-state index contributed by atoms with van der Waals surface area (Å²) in [4.78, 5) is 4.60. The van der Waals surface area contributed by atoms with Crippen molar-refractivity contribution in [3.63, 3.8) is 0 Å². The van der Waals surface area contributed by atoms with Gasteiger partial charge < -0.3 is 10.6 Å². The van der Waals surface area contributed by atoms with E-state index in [-0.39, 0.29) is 24.0 Å². The maximum Gasteiger partial charge on any atom is 0.191 e. The molecule has 0 spiro atoms. The van der Waals surface area contributed by atoms with Crippen LogP contribution >= 0.6 is 24.0 Å². The van der Waals surface area contributed by atoms with Crippen molar-refractivity contribution < 1.29 is 0 Å². The van der Waals surface area contributed by atoms with Crippen molar-refractivity contribution >= 4 is 29.9 Å². The summed E-state index contributed by atoms with van der Waals surface area (Å²) in [7, 11) is 0. The highest BCUT2D eigenvalue weighted by molar-refractivity contribution is 14.0. The zero-order valence-electron chi connectivity index (χ0n) is 12.2. The van der Waals surface area contributed by atoms with Crippen LogP contribution in [0.2, 0.25) is 0 Å². The van der Waals surface area contributed by atoms with Crippen LogP contribution in [0.1, 0.15) is 52.9 Å². The first-order chi connectivity index (χ1) is 8.22. The first-order valence-electron chi connectivity index (χ1n) is 7.24. The van der Waals surface area contributed by atoms with Gasteiger partial charge >= 0.3 is 0 Å². The maximum atomic E-state index is 4.60. The van der Waals surface area contributed by atoms with Crippen molar-refractivity contribution in [3.05, 3.63) is 0 Å². The lowest BCUT2D eigenvalue weighted by atomic mass is 10.1. The molecule has 1 aliphatic rings. The summed E-state index contributed by atoms with van der Waals surface area (Å²) in [6.07, 6.45) is 6.63. The van der Waals surface area contributed by atoms with Gasteiger partial charge in [-0.15, -0.1) is 24.0 Å². The van der Waals surface area contributed by atoms with E-state index in [4.69, 9.17) is 0 Å². The van der Waals surface area contributed by atoms with Crippen molar-refractivity contribution in [2.45, 2.75) is 52.9 Å². The molecule has 1 saturated carbocycles. The monoisotopic (exact) mass is 367 g/mol. The first-order valence-corrected chi connectivity index (χ1v) is 7.24. The van der Waals surface area contributed by atoms with Gasteiger partial charge in [0.05, 0.1) is 0 Å². The van der Waals surface area contributed by atoms with Crippen molar-refractivity contribution in [3.8, 4) is 0 Å². The van der Waals surface area contributed by atoms with Crippen LogP contribution in [0.25, 0.3) is 0 Å². The average Bonchev–Trinajstić information content (AvgIpc) is 3.08. The lowest BCUT2D eigenvalue weighted by molar-refractivity contribution is 0.534. The Balaban J connectivity index is 0.00000289. The Kier molecular flexibility index (Phi) is 10.9. The second kappa shape index (κ2) is 10.9. The van der Waals surface area contributed by atoms with Crippen molar-refractivity contribution in [1.82, 2.24) is 10.6 Å². The molecular weight excluding hydrogens is 337 g/mol. The summed E-state index contributed by atoms with van der Waals surface area (Å²) >= 11 is 0. The van der Waals surface area contributed by atoms with E-state index in [0.717, 1.165) is 37.4 Å². The molecule has 108 valence electrons. The second-order valence-corrected chi connectivity index (χ2v) is 5.48. The Morgan fingerprint density at radius 3 is 2.50 bits per heavy atom. The van der Waals surface area contributed by atoms with Crippen LogP contribution in [0.3, 0.4) is 0 Å². The number of hydrogen-bond acceptors (Lipinski definition) is 1. The molecule has 3 nitrogen and oxygen atoms in total. The number of unbranched alkanes of at least 4 members (excludes halogenated alkanes) is 1. The van der Waals surface area contributed by atoms with Gasteiger partial charge in [0.1, 0.15) is 0 Å². The molecule has 0 aromatic heterocycles. The van der Waals surface area contributed by atoms with Gasteiger partial charge in [-0.3, -0.25) is 4.99 Å². The number of aliphatic imine (C=N–C) groups is 1. The highest BCUT2D eigenvalue weighted by atomic mass is 127. The number of halogens is 1. The van der Waals surface area contributed by atoms with Crippen LogP contribution in [-0.4, -0.2) is 25.6 Å². The normalized spacial score (nSPS) is 15.4. The molecule has 1 rings (SSSR count). The second-order valence-electron chi connectivity index (χ2n) is 5.48. The lowest BCUT2D eigenvalue weighted by Gasteiger charge is -2.11. The fraction of sp³-hybridized carbons (Fsp3) is 0.929. The molecule has 0 radical (unpaired) electrons. The third-order valence-electron chi connectivity index (χ3n) is 3.05. The van der Waals surface area contributed by atoms with Gasteiger partial charge in [-0.05, 0) is 38.0 Å². The predicted octanol–water partition coefficient (Wildman–Crippen LogP) is 3.40. The van der Waals surface area contributed by atoms with Crippen LogP contribution in [0.4, 0.5) is 0 Å². The molecule has 18 heavy (non-hydrogen) atoms. The van der Waals surface area contributed by atoms with E-state index in [1.165, 1.54) is 32.1 Å². The van der Waals surface area contributed by atoms with E-state index >= 15 is 0 Å². The number of nitrogens with one attached hydrogen (secondary N) is 2. The molecule has 0 atom stereocenters. The quantitative estimate of drug-likeness (QED) is 0.299. The minimum absolute atomic E-state index is 0. The fourth-order valence-electron chi connectivity index (χ4n) is 1.75. The molecule has 1 fully saturated rings. The third-order valence-corrected chi connectivity index (χ3v) is 3.05. The molecule has 1 aliphatic carbocycles. The smallest absolute Gasteiger partial charge is 0.191 e. The van der Waals surface area contributed by atoms with Gasteiger partial charge in [-0.2, -0.15) is 0 Å². The molecule has 0 unspecified atom stereocenters. The first kappa shape index (κ1) is 18.0. The van der Waals surface area contributed by atoms with Crippen LogP contribution in [0, 0.1) is 11.8 Å². The van der Waals surface area contributed by atoms with E-state index in [1.54, 1.807) is 0 Å². The van der Waals surface area contributed by atoms with Gasteiger partial charge in [0.25, 0.3) is 0 Å². The summed E-state index contributed by atoms with van der Waals surface area (Å²) in [5.41, 5.74) is 0. The molecule has 0 aromatic carbocycles. The Labute approximate surface area is 130 Å². The van der Waals surface area contributed by atoms with E-state index < -0.39 is 0 Å². The van der Waals surface area contributed by atoms with Crippen LogP contribution in [0.5, 0.6) is 0 Å². The number of nitrogens with zero attached hydrogens (tertiary/aromatic N) is 1. The summed E-state index contributed by atoms with van der Waals surface area (Å²) in [6, 6.07) is 0. The largest absolute Gasteiger partial charge is 0.357 e. The maximum absolute atomic E-state index is 4.60. The average molecular weight is 367 g/mol. The third kappa shape index (κ3) is 9.97. The van der Waals surface area contributed by atoms with E-state index in [9.17, 15) is 0 Å². The minimum Gasteiger partial charge on any atom is -0.357 e. The molecule has 4 heteroatoms. The van der Waals surface area contributed by atoms with E-state index in [2.05, 4.69) is 36.4 Å². The van der Waals surface area contributed by atoms with Crippen LogP contribution in [-0.2, 0) is 0 Å². The Morgan fingerprint density at radius 1 is 1.22 bits per heavy atom. The lowest BCUT2D eigenvalue weighted by Crippen LogP contribution is -2.38. The van der Waals surface area contributed by atoms with E-state index in [0.29, 0.717) is 0 Å². The SMILES string of the molecule is CCNC(=NCC1CC1)NCCCCC(C)C.I. The zero-order chi connectivity index (χ0) is 12.5. The zero-order valence-corrected chi connectivity index (χ0v) is 14.5. The Bertz CT molecular complexity index is 225. The summed E-state index contributed by atoms with van der Waals surface area (Å²) in [5.74, 6) is 2.70. The summed E-state index contributed by atoms with van der Waals surface area (Å²) in [5, 5.41) is 6.72. The molecule has 0 bridgehead atoms. The van der Waals surface area contributed by atoms with Gasteiger partial charge in [0, 0.05) is 19.6 Å². The molecule has 2 N–H and O–H groups in total. The van der Waals surface area contributed by atoms with Gasteiger partial charge in [0.2, 0.25) is 0 Å². The highest BCUT2D eigenvalue weighted by Crippen LogP contribution is 2.28. The number of hydrogen-bond donors (Lipinski definition) is 2.